The second kappa shape index (κ2) is 9.66. The number of methoxy groups -OCH3 is 1. The second-order valence-corrected chi connectivity index (χ2v) is 7.08. The van der Waals surface area contributed by atoms with E-state index in [-0.39, 0.29) is 63.3 Å². The van der Waals surface area contributed by atoms with Crippen molar-refractivity contribution in [1.82, 2.24) is 10.3 Å². The van der Waals surface area contributed by atoms with Gasteiger partial charge in [-0.1, -0.05) is 23.7 Å². The van der Waals surface area contributed by atoms with Crippen molar-refractivity contribution >= 4 is 35.4 Å². The van der Waals surface area contributed by atoms with Crippen molar-refractivity contribution in [2.45, 2.75) is 38.8 Å². The van der Waals surface area contributed by atoms with E-state index in [0.717, 1.165) is 13.2 Å². The first-order chi connectivity index (χ1) is 12.4. The van der Waals surface area contributed by atoms with E-state index in [9.17, 15) is 22.5 Å². The largest absolute Gasteiger partial charge is 1.00 e. The van der Waals surface area contributed by atoms with Gasteiger partial charge in [0.05, 0.1) is 7.11 Å². The average molecular weight is 424 g/mol. The summed E-state index contributed by atoms with van der Waals surface area (Å²) in [7, 11) is 1.16. The van der Waals surface area contributed by atoms with Crippen LogP contribution in [0.1, 0.15) is 26.3 Å². The molecule has 0 saturated carbocycles. The maximum Gasteiger partial charge on any atom is 1.00 e. The maximum atomic E-state index is 13.2. The molecule has 6 nitrogen and oxygen atoms in total. The number of hydrogen-bond acceptors (Lipinski definition) is 4. The number of aromatic amines is 1. The summed E-state index contributed by atoms with van der Waals surface area (Å²) in [5.74, 6) is -0.730. The van der Waals surface area contributed by atoms with Gasteiger partial charge in [-0.25, -0.2) is 9.59 Å². The van der Waals surface area contributed by atoms with Gasteiger partial charge in [0, 0.05) is 18.1 Å². The Hall–Kier alpha value is -1.01. The predicted molar refractivity (Wildman–Crippen MR) is 95.9 cm³/mol. The molecule has 0 aliphatic carbocycles. The van der Waals surface area contributed by atoms with Gasteiger partial charge >= 0.3 is 70.4 Å². The molecular formula is C17H21BF3KN2O4. The summed E-state index contributed by atoms with van der Waals surface area (Å²) in [5, 5.41) is 2.73. The first-order valence-corrected chi connectivity index (χ1v) is 8.28. The van der Waals surface area contributed by atoms with Crippen molar-refractivity contribution in [2.24, 2.45) is 0 Å². The quantitative estimate of drug-likeness (QED) is 0.517. The van der Waals surface area contributed by atoms with E-state index in [1.807, 2.05) is 0 Å². The molecule has 11 heteroatoms. The Bertz CT molecular complexity index is 849. The molecule has 0 aliphatic heterocycles. The third-order valence-electron chi connectivity index (χ3n) is 3.79. The van der Waals surface area contributed by atoms with Crippen molar-refractivity contribution < 1.29 is 83.4 Å². The van der Waals surface area contributed by atoms with Gasteiger partial charge in [-0.05, 0) is 31.7 Å². The van der Waals surface area contributed by atoms with Gasteiger partial charge in [-0.3, -0.25) is 0 Å². The number of carbonyl (C=O) groups excluding carboxylic acids is 2. The van der Waals surface area contributed by atoms with Gasteiger partial charge in [0.25, 0.3) is 0 Å². The molecule has 1 atom stereocenters. The van der Waals surface area contributed by atoms with Crippen molar-refractivity contribution in [1.29, 1.82) is 0 Å². The van der Waals surface area contributed by atoms with E-state index in [1.54, 1.807) is 20.8 Å². The van der Waals surface area contributed by atoms with Crippen molar-refractivity contribution in [2.75, 3.05) is 7.11 Å². The van der Waals surface area contributed by atoms with Gasteiger partial charge in [-0.15, -0.1) is 0 Å². The molecule has 1 aromatic carbocycles. The van der Waals surface area contributed by atoms with Gasteiger partial charge in [0.1, 0.15) is 11.6 Å². The Balaban J connectivity index is 0.00000392. The predicted octanol–water partition coefficient (Wildman–Crippen LogP) is -0.165. The summed E-state index contributed by atoms with van der Waals surface area (Å²) in [6.07, 6.45) is 0.514. The number of benzene rings is 1. The Kier molecular flexibility index (Phi) is 8.64. The normalized spacial score (nSPS) is 12.8. The van der Waals surface area contributed by atoms with E-state index in [4.69, 9.17) is 4.74 Å². The molecule has 148 valence electrons. The monoisotopic (exact) mass is 424 g/mol. The van der Waals surface area contributed by atoms with Crippen LogP contribution in [0.4, 0.5) is 17.7 Å². The minimum absolute atomic E-state index is 0. The molecule has 28 heavy (non-hydrogen) atoms. The molecule has 1 heterocycles. The minimum Gasteiger partial charge on any atom is -0.467 e. The number of alkyl carbamates (subject to hydrolysis) is 1. The second-order valence-electron chi connectivity index (χ2n) is 7.08. The molecule has 0 fully saturated rings. The zero-order chi connectivity index (χ0) is 20.4. The number of para-hydroxylation sites is 1. The van der Waals surface area contributed by atoms with Crippen LogP contribution < -0.4 is 62.2 Å². The van der Waals surface area contributed by atoms with Crippen LogP contribution in [0.3, 0.4) is 0 Å². The van der Waals surface area contributed by atoms with Crippen LogP contribution in [0.2, 0.25) is 0 Å². The molecule has 1 amide bonds. The molecule has 2 rings (SSSR count). The van der Waals surface area contributed by atoms with Gasteiger partial charge in [0.15, 0.2) is 0 Å². The van der Waals surface area contributed by atoms with Crippen molar-refractivity contribution in [3.05, 3.63) is 30.0 Å². The molecule has 0 spiro atoms. The minimum atomic E-state index is -5.19. The molecule has 1 aromatic heterocycles. The number of rotatable bonds is 5. The number of ether oxygens (including phenoxy) is 2. The maximum absolute atomic E-state index is 13.2. The summed E-state index contributed by atoms with van der Waals surface area (Å²) in [6.45, 7) is -0.193. The number of aromatic nitrogens is 1. The average Bonchev–Trinajstić information content (AvgIpc) is 2.93. The van der Waals surface area contributed by atoms with E-state index >= 15 is 0 Å². The molecule has 0 aliphatic rings. The van der Waals surface area contributed by atoms with E-state index in [1.165, 1.54) is 18.3 Å². The Morgan fingerprint density at radius 2 is 1.89 bits per heavy atom. The molecule has 0 radical (unpaired) electrons. The van der Waals surface area contributed by atoms with E-state index in [2.05, 4.69) is 15.0 Å². The van der Waals surface area contributed by atoms with Crippen LogP contribution in [-0.2, 0) is 20.7 Å². The summed E-state index contributed by atoms with van der Waals surface area (Å²) in [4.78, 5) is 26.6. The molecular weight excluding hydrogens is 403 g/mol. The van der Waals surface area contributed by atoms with Crippen LogP contribution in [-0.4, -0.2) is 42.8 Å². The SMILES string of the molecule is COC(=O)[C@H](Cc1c[nH]c2c([B-](F)(F)F)cccc12)NC(=O)OC(C)(C)C.[K+]. The summed E-state index contributed by atoms with van der Waals surface area (Å²) >= 11 is 0. The topological polar surface area (TPSA) is 80.4 Å². The van der Waals surface area contributed by atoms with Crippen molar-refractivity contribution in [3.63, 3.8) is 0 Å². The van der Waals surface area contributed by atoms with Crippen LogP contribution in [0.25, 0.3) is 10.9 Å². The van der Waals surface area contributed by atoms with Crippen LogP contribution in [0.15, 0.2) is 24.4 Å². The number of H-pyrrole nitrogens is 1. The number of esters is 1. The number of amides is 1. The fourth-order valence-electron chi connectivity index (χ4n) is 2.68. The number of hydrogen-bond donors (Lipinski definition) is 2. The fourth-order valence-corrected chi connectivity index (χ4v) is 2.68. The fraction of sp³-hybridized carbons (Fsp3) is 0.412. The standard InChI is InChI=1S/C17H21BF3N2O4.K/c1-17(2,3)27-16(25)23-13(15(24)26-4)8-10-9-22-14-11(10)6-5-7-12(14)18(19,20)21;/h5-7,9,13,22H,8H2,1-4H3,(H,23,25);/q-1;+1/t13-;/m0./s1. The van der Waals surface area contributed by atoms with E-state index < -0.39 is 36.1 Å². The summed E-state index contributed by atoms with van der Waals surface area (Å²) in [5.41, 5.74) is -1.12. The van der Waals surface area contributed by atoms with Crippen LogP contribution >= 0.6 is 0 Å². The zero-order valence-electron chi connectivity index (χ0n) is 16.4. The zero-order valence-corrected chi connectivity index (χ0v) is 19.6. The van der Waals surface area contributed by atoms with Gasteiger partial charge < -0.3 is 32.7 Å². The summed E-state index contributed by atoms with van der Waals surface area (Å²) in [6, 6.07) is 2.72. The van der Waals surface area contributed by atoms with Crippen LogP contribution in [0.5, 0.6) is 0 Å². The van der Waals surface area contributed by atoms with Gasteiger partial charge in [-0.2, -0.15) is 0 Å². The molecule has 0 unspecified atom stereocenters. The first-order valence-electron chi connectivity index (χ1n) is 8.28. The van der Waals surface area contributed by atoms with Gasteiger partial charge in [0.2, 0.25) is 0 Å². The number of halogens is 3. The first kappa shape index (κ1) is 25.0. The smallest absolute Gasteiger partial charge is 0.467 e. The third-order valence-corrected chi connectivity index (χ3v) is 3.79. The van der Waals surface area contributed by atoms with Crippen LogP contribution in [0, 0.1) is 0 Å². The van der Waals surface area contributed by atoms with E-state index in [0.29, 0.717) is 10.9 Å². The summed E-state index contributed by atoms with van der Waals surface area (Å²) < 4.78 is 49.4. The Morgan fingerprint density at radius 1 is 1.25 bits per heavy atom. The number of carbonyl (C=O) groups is 2. The number of nitrogens with one attached hydrogen (secondary N) is 2. The molecule has 0 bridgehead atoms. The Labute approximate surface area is 203 Å². The third kappa shape index (κ3) is 6.51. The number of fused-ring (bicyclic) bond motifs is 1. The Morgan fingerprint density at radius 3 is 2.43 bits per heavy atom. The van der Waals surface area contributed by atoms with Crippen molar-refractivity contribution in [3.8, 4) is 0 Å². The molecule has 2 N–H and O–H groups in total. The molecule has 0 saturated heterocycles. The molecule has 2 aromatic rings.